The Kier molecular flexibility index (Phi) is 5.48. The lowest BCUT2D eigenvalue weighted by atomic mass is 10.0. The fourth-order valence-electron chi connectivity index (χ4n) is 4.22. The molecule has 8 heteroatoms. The zero-order valence-electron chi connectivity index (χ0n) is 17.6. The third-order valence-electron chi connectivity index (χ3n) is 5.87. The fraction of sp³-hybridized carbons (Fsp3) is 0.250. The van der Waals surface area contributed by atoms with Crippen molar-refractivity contribution in [3.8, 4) is 28.6 Å². The molecule has 160 valence electrons. The van der Waals surface area contributed by atoms with Gasteiger partial charge in [-0.1, -0.05) is 41.9 Å². The number of aromatic amines is 1. The maximum absolute atomic E-state index is 9.84. The SMILES string of the molecule is CN1CCC(CNc2nc(-c3ccccc3)c(-c3cc(Cl)c4[nH]ncc4c3)nc2C#N)C1. The van der Waals surface area contributed by atoms with E-state index in [4.69, 9.17) is 21.6 Å². The quantitative estimate of drug-likeness (QED) is 0.469. The van der Waals surface area contributed by atoms with Crippen molar-refractivity contribution in [1.82, 2.24) is 25.1 Å². The molecule has 0 radical (unpaired) electrons. The average molecular weight is 444 g/mol. The molecular weight excluding hydrogens is 422 g/mol. The van der Waals surface area contributed by atoms with E-state index in [-0.39, 0.29) is 5.69 Å². The number of likely N-dealkylation sites (tertiary alicyclic amines) is 1. The van der Waals surface area contributed by atoms with Crippen molar-refractivity contribution in [2.75, 3.05) is 32.0 Å². The molecular formula is C24H22ClN7. The van der Waals surface area contributed by atoms with Crippen molar-refractivity contribution in [3.05, 3.63) is 59.4 Å². The Labute approximate surface area is 191 Å². The van der Waals surface area contributed by atoms with Crippen molar-refractivity contribution in [3.63, 3.8) is 0 Å². The van der Waals surface area contributed by atoms with Gasteiger partial charge < -0.3 is 10.2 Å². The number of halogens is 1. The van der Waals surface area contributed by atoms with Gasteiger partial charge in [-0.2, -0.15) is 10.4 Å². The van der Waals surface area contributed by atoms with Gasteiger partial charge >= 0.3 is 0 Å². The standard InChI is InChI=1S/C24H22ClN7/c1-32-8-7-15(14-32)12-27-24-20(11-26)29-23(22(30-24)16-5-3-2-4-6-16)17-9-18-13-28-31-21(18)19(25)10-17/h2-6,9-10,13,15H,7-8,12,14H2,1H3,(H,27,30)(H,28,31). The summed E-state index contributed by atoms with van der Waals surface area (Å²) < 4.78 is 0. The molecule has 32 heavy (non-hydrogen) atoms. The van der Waals surface area contributed by atoms with E-state index < -0.39 is 0 Å². The third kappa shape index (κ3) is 3.91. The number of aromatic nitrogens is 4. The molecule has 1 aliphatic rings. The largest absolute Gasteiger partial charge is 0.367 e. The molecule has 1 atom stereocenters. The molecule has 2 aromatic carbocycles. The summed E-state index contributed by atoms with van der Waals surface area (Å²) in [6.45, 7) is 2.89. The highest BCUT2D eigenvalue weighted by Crippen LogP contribution is 2.35. The molecule has 1 aliphatic heterocycles. The molecule has 1 saturated heterocycles. The van der Waals surface area contributed by atoms with Gasteiger partial charge in [-0.25, -0.2) is 9.97 Å². The van der Waals surface area contributed by atoms with Crippen molar-refractivity contribution < 1.29 is 0 Å². The Morgan fingerprint density at radius 2 is 2.00 bits per heavy atom. The van der Waals surface area contributed by atoms with Crippen LogP contribution >= 0.6 is 11.6 Å². The maximum Gasteiger partial charge on any atom is 0.183 e. The Morgan fingerprint density at radius 3 is 2.75 bits per heavy atom. The second-order valence-electron chi connectivity index (χ2n) is 8.19. The molecule has 2 aromatic heterocycles. The molecule has 4 aromatic rings. The molecule has 1 unspecified atom stereocenters. The highest BCUT2D eigenvalue weighted by atomic mass is 35.5. The van der Waals surface area contributed by atoms with E-state index in [2.05, 4.69) is 33.5 Å². The minimum absolute atomic E-state index is 0.273. The molecule has 3 heterocycles. The van der Waals surface area contributed by atoms with Crippen LogP contribution in [0.25, 0.3) is 33.4 Å². The number of H-pyrrole nitrogens is 1. The summed E-state index contributed by atoms with van der Waals surface area (Å²) in [5, 5.41) is 21.6. The van der Waals surface area contributed by atoms with Crippen molar-refractivity contribution >= 4 is 28.3 Å². The fourth-order valence-corrected chi connectivity index (χ4v) is 4.49. The van der Waals surface area contributed by atoms with E-state index in [0.29, 0.717) is 28.1 Å². The number of nitrogens with one attached hydrogen (secondary N) is 2. The first-order chi connectivity index (χ1) is 15.6. The Balaban J connectivity index is 1.61. The maximum atomic E-state index is 9.84. The third-order valence-corrected chi connectivity index (χ3v) is 6.17. The van der Waals surface area contributed by atoms with Crippen LogP contribution in [0.4, 0.5) is 5.82 Å². The van der Waals surface area contributed by atoms with Crippen LogP contribution in [0.15, 0.2) is 48.7 Å². The lowest BCUT2D eigenvalue weighted by Gasteiger charge is -2.16. The van der Waals surface area contributed by atoms with E-state index in [1.165, 1.54) is 0 Å². The zero-order valence-corrected chi connectivity index (χ0v) is 18.4. The summed E-state index contributed by atoms with van der Waals surface area (Å²) in [7, 11) is 2.13. The number of nitrogens with zero attached hydrogens (tertiary/aromatic N) is 5. The first-order valence-electron chi connectivity index (χ1n) is 10.6. The first kappa shape index (κ1) is 20.4. The summed E-state index contributed by atoms with van der Waals surface area (Å²) in [5.74, 6) is 1.04. The van der Waals surface area contributed by atoms with E-state index in [1.807, 2.05) is 42.5 Å². The predicted molar refractivity (Wildman–Crippen MR) is 126 cm³/mol. The molecule has 0 spiro atoms. The molecule has 5 rings (SSSR count). The number of fused-ring (bicyclic) bond motifs is 1. The van der Waals surface area contributed by atoms with E-state index in [9.17, 15) is 5.26 Å². The van der Waals surface area contributed by atoms with Gasteiger partial charge in [0.1, 0.15) is 6.07 Å². The molecule has 0 aliphatic carbocycles. The predicted octanol–water partition coefficient (Wildman–Crippen LogP) is 4.58. The number of nitriles is 1. The van der Waals surface area contributed by atoms with Gasteiger partial charge in [0.25, 0.3) is 0 Å². The van der Waals surface area contributed by atoms with Crippen LogP contribution in [0.2, 0.25) is 5.02 Å². The van der Waals surface area contributed by atoms with Crippen LogP contribution in [0, 0.1) is 17.2 Å². The Bertz CT molecular complexity index is 1310. The molecule has 0 saturated carbocycles. The average Bonchev–Trinajstić information content (AvgIpc) is 3.46. The monoisotopic (exact) mass is 443 g/mol. The summed E-state index contributed by atoms with van der Waals surface area (Å²) >= 11 is 6.49. The van der Waals surface area contributed by atoms with Gasteiger partial charge in [0.05, 0.1) is 28.1 Å². The van der Waals surface area contributed by atoms with E-state index in [0.717, 1.165) is 48.1 Å². The van der Waals surface area contributed by atoms with Crippen molar-refractivity contribution in [2.45, 2.75) is 6.42 Å². The topological polar surface area (TPSA) is 93.5 Å². The second kappa shape index (κ2) is 8.58. The molecule has 7 nitrogen and oxygen atoms in total. The summed E-state index contributed by atoms with van der Waals surface area (Å²) in [4.78, 5) is 12.0. The van der Waals surface area contributed by atoms with Gasteiger partial charge in [-0.05, 0) is 38.1 Å². The van der Waals surface area contributed by atoms with Gasteiger partial charge in [0.15, 0.2) is 11.5 Å². The van der Waals surface area contributed by atoms with Gasteiger partial charge in [0.2, 0.25) is 0 Å². The minimum Gasteiger partial charge on any atom is -0.367 e. The number of hydrogen-bond donors (Lipinski definition) is 2. The summed E-state index contributed by atoms with van der Waals surface area (Å²) in [5.41, 5.74) is 4.07. The molecule has 1 fully saturated rings. The summed E-state index contributed by atoms with van der Waals surface area (Å²) in [6, 6.07) is 15.9. The van der Waals surface area contributed by atoms with Crippen LogP contribution in [0.5, 0.6) is 0 Å². The smallest absolute Gasteiger partial charge is 0.183 e. The van der Waals surface area contributed by atoms with E-state index in [1.54, 1.807) is 6.20 Å². The number of benzene rings is 2. The molecule has 0 bridgehead atoms. The lowest BCUT2D eigenvalue weighted by molar-refractivity contribution is 0.399. The van der Waals surface area contributed by atoms with Crippen LogP contribution in [0.3, 0.4) is 0 Å². The van der Waals surface area contributed by atoms with Crippen LogP contribution in [0.1, 0.15) is 12.1 Å². The van der Waals surface area contributed by atoms with Crippen LogP contribution in [-0.4, -0.2) is 51.7 Å². The van der Waals surface area contributed by atoms with Crippen LogP contribution in [-0.2, 0) is 0 Å². The van der Waals surface area contributed by atoms with Crippen molar-refractivity contribution in [2.24, 2.45) is 5.92 Å². The number of anilines is 1. The van der Waals surface area contributed by atoms with Gasteiger partial charge in [-0.15, -0.1) is 0 Å². The van der Waals surface area contributed by atoms with E-state index >= 15 is 0 Å². The van der Waals surface area contributed by atoms with Crippen LogP contribution < -0.4 is 5.32 Å². The highest BCUT2D eigenvalue weighted by molar-refractivity contribution is 6.35. The minimum atomic E-state index is 0.273. The molecule has 2 N–H and O–H groups in total. The van der Waals surface area contributed by atoms with Gasteiger partial charge in [0, 0.05) is 29.6 Å². The number of rotatable bonds is 5. The zero-order chi connectivity index (χ0) is 22.1. The molecule has 0 amide bonds. The van der Waals surface area contributed by atoms with Crippen molar-refractivity contribution in [1.29, 1.82) is 5.26 Å². The summed E-state index contributed by atoms with van der Waals surface area (Å²) in [6.07, 6.45) is 2.85. The number of hydrogen-bond acceptors (Lipinski definition) is 6. The normalized spacial score (nSPS) is 16.3. The Hall–Kier alpha value is -3.47. The van der Waals surface area contributed by atoms with Gasteiger partial charge in [-0.3, -0.25) is 5.10 Å². The highest BCUT2D eigenvalue weighted by Gasteiger charge is 2.22. The lowest BCUT2D eigenvalue weighted by Crippen LogP contribution is -2.20. The first-order valence-corrected chi connectivity index (χ1v) is 10.9. The Morgan fingerprint density at radius 1 is 1.19 bits per heavy atom. The second-order valence-corrected chi connectivity index (χ2v) is 8.59.